The van der Waals surface area contributed by atoms with Crippen molar-refractivity contribution in [3.8, 4) is 20.2 Å². The highest BCUT2D eigenvalue weighted by Crippen LogP contribution is 2.39. The molecule has 0 amide bonds. The van der Waals surface area contributed by atoms with E-state index in [1.807, 2.05) is 28.7 Å². The van der Waals surface area contributed by atoms with Crippen LogP contribution in [-0.2, 0) is 6.42 Å². The summed E-state index contributed by atoms with van der Waals surface area (Å²) in [5.41, 5.74) is 3.24. The molecule has 1 aromatic carbocycles. The topological polar surface area (TPSA) is 12.4 Å². The third-order valence-corrected chi connectivity index (χ3v) is 6.93. The highest BCUT2D eigenvalue weighted by molar-refractivity contribution is 7.78. The third kappa shape index (κ3) is 4.34. The zero-order chi connectivity index (χ0) is 17.8. The molecule has 3 rings (SSSR count). The van der Waals surface area contributed by atoms with Crippen LogP contribution in [0.3, 0.4) is 0 Å². The third-order valence-electron chi connectivity index (χ3n) is 4.40. The second kappa shape index (κ2) is 8.20. The summed E-state index contributed by atoms with van der Waals surface area (Å²) in [6.45, 7) is 6.64. The van der Waals surface area contributed by atoms with Gasteiger partial charge in [0.2, 0.25) is 0 Å². The molecule has 0 aliphatic carbocycles. The predicted octanol–water partition coefficient (Wildman–Crippen LogP) is 7.77. The van der Waals surface area contributed by atoms with Gasteiger partial charge in [-0.25, -0.2) is 0 Å². The molecule has 0 aliphatic rings. The molecular weight excluding hydrogens is 362 g/mol. The average molecular weight is 384 g/mol. The lowest BCUT2D eigenvalue weighted by Crippen LogP contribution is -1.94. The molecule has 2 aromatic heterocycles. The quantitative estimate of drug-likeness (QED) is 0.313. The molecular formula is C21H21NS3. The van der Waals surface area contributed by atoms with Crippen LogP contribution in [0.25, 0.3) is 20.2 Å². The van der Waals surface area contributed by atoms with Crippen LogP contribution in [0, 0.1) is 12.8 Å². The van der Waals surface area contributed by atoms with E-state index in [0.29, 0.717) is 0 Å². The molecule has 1 unspecified atom stereocenters. The summed E-state index contributed by atoms with van der Waals surface area (Å²) in [7, 11) is 0. The lowest BCUT2D eigenvalue weighted by atomic mass is 10.0. The number of aliphatic imine (C=N–C) groups is 1. The van der Waals surface area contributed by atoms with Crippen LogP contribution < -0.4 is 0 Å². The Morgan fingerprint density at radius 1 is 1.04 bits per heavy atom. The van der Waals surface area contributed by atoms with Gasteiger partial charge in [0.05, 0.1) is 10.8 Å². The first-order valence-corrected chi connectivity index (χ1v) is 10.5. The maximum atomic E-state index is 4.70. The van der Waals surface area contributed by atoms with E-state index in [1.165, 1.54) is 37.9 Å². The van der Waals surface area contributed by atoms with E-state index < -0.39 is 0 Å². The van der Waals surface area contributed by atoms with Crippen LogP contribution in [0.4, 0.5) is 5.69 Å². The molecule has 3 aromatic rings. The Hall–Kier alpha value is -1.58. The Balaban J connectivity index is 1.83. The smallest absolute Gasteiger partial charge is 0.0769 e. The minimum Gasteiger partial charge on any atom is -0.194 e. The fourth-order valence-electron chi connectivity index (χ4n) is 2.72. The van der Waals surface area contributed by atoms with Crippen LogP contribution in [0.5, 0.6) is 0 Å². The fraction of sp³-hybridized carbons (Fsp3) is 0.286. The second-order valence-electron chi connectivity index (χ2n) is 6.35. The van der Waals surface area contributed by atoms with E-state index in [4.69, 9.17) is 12.2 Å². The van der Waals surface area contributed by atoms with Crippen LogP contribution in [0.2, 0.25) is 0 Å². The van der Waals surface area contributed by atoms with Gasteiger partial charge in [0.1, 0.15) is 0 Å². The van der Waals surface area contributed by atoms with Crippen LogP contribution in [-0.4, -0.2) is 5.16 Å². The summed E-state index contributed by atoms with van der Waals surface area (Å²) >= 11 is 8.47. The number of thiocarbonyl (C=S) groups is 1. The maximum Gasteiger partial charge on any atom is 0.0769 e. The molecule has 0 fully saturated rings. The normalized spacial score (nSPS) is 12.0. The molecule has 0 bridgehead atoms. The van der Waals surface area contributed by atoms with Crippen molar-refractivity contribution < 1.29 is 0 Å². The minimum atomic E-state index is 0.752. The van der Waals surface area contributed by atoms with Crippen LogP contribution >= 0.6 is 34.9 Å². The molecule has 0 radical (unpaired) electrons. The summed E-state index contributed by atoms with van der Waals surface area (Å²) < 4.78 is 0. The van der Waals surface area contributed by atoms with E-state index >= 15 is 0 Å². The van der Waals surface area contributed by atoms with E-state index in [-0.39, 0.29) is 0 Å². The highest BCUT2D eigenvalue weighted by atomic mass is 32.1. The Morgan fingerprint density at radius 2 is 1.76 bits per heavy atom. The van der Waals surface area contributed by atoms with Gasteiger partial charge in [-0.2, -0.15) is 4.99 Å². The lowest BCUT2D eigenvalue weighted by Gasteiger charge is -2.04. The van der Waals surface area contributed by atoms with Gasteiger partial charge in [-0.3, -0.25) is 0 Å². The average Bonchev–Trinajstić information content (AvgIpc) is 3.26. The molecule has 2 heterocycles. The van der Waals surface area contributed by atoms with Crippen molar-refractivity contribution in [2.75, 3.05) is 0 Å². The first-order chi connectivity index (χ1) is 12.1. The molecule has 0 saturated heterocycles. The van der Waals surface area contributed by atoms with E-state index in [0.717, 1.165) is 17.2 Å². The van der Waals surface area contributed by atoms with Gasteiger partial charge in [-0.15, -0.1) is 22.7 Å². The molecule has 128 valence electrons. The summed E-state index contributed by atoms with van der Waals surface area (Å²) in [6.07, 6.45) is 2.42. The Bertz CT molecular complexity index is 913. The maximum absolute atomic E-state index is 4.70. The van der Waals surface area contributed by atoms with Crippen molar-refractivity contribution in [3.05, 3.63) is 52.9 Å². The summed E-state index contributed by atoms with van der Waals surface area (Å²) in [6, 6.07) is 15.3. The number of hydrogen-bond acceptors (Lipinski definition) is 4. The number of isothiocyanates is 1. The molecule has 25 heavy (non-hydrogen) atoms. The van der Waals surface area contributed by atoms with Gasteiger partial charge in [0.15, 0.2) is 0 Å². The summed E-state index contributed by atoms with van der Waals surface area (Å²) in [5.74, 6) is 0.752. The molecule has 1 nitrogen and oxygen atoms in total. The van der Waals surface area contributed by atoms with E-state index in [2.05, 4.69) is 67.3 Å². The SMILES string of the molecule is CCC(C)Cc1ccc(-c2ccc(-c3ccc(N=C=S)c(C)c3)s2)s1. The van der Waals surface area contributed by atoms with Gasteiger partial charge in [0, 0.05) is 19.5 Å². The Labute approximate surface area is 163 Å². The largest absolute Gasteiger partial charge is 0.194 e. The molecule has 0 aliphatic heterocycles. The Morgan fingerprint density at radius 3 is 2.48 bits per heavy atom. The predicted molar refractivity (Wildman–Crippen MR) is 116 cm³/mol. The molecule has 0 saturated carbocycles. The van der Waals surface area contributed by atoms with E-state index in [9.17, 15) is 0 Å². The van der Waals surface area contributed by atoms with Crippen LogP contribution in [0.1, 0.15) is 30.7 Å². The molecule has 1 atom stereocenters. The van der Waals surface area contributed by atoms with Crippen LogP contribution in [0.15, 0.2) is 47.5 Å². The molecule has 4 heteroatoms. The van der Waals surface area contributed by atoms with Gasteiger partial charge in [-0.1, -0.05) is 26.3 Å². The highest BCUT2D eigenvalue weighted by Gasteiger charge is 2.10. The monoisotopic (exact) mass is 383 g/mol. The number of hydrogen-bond donors (Lipinski definition) is 0. The first kappa shape index (κ1) is 18.2. The van der Waals surface area contributed by atoms with Gasteiger partial charge in [-0.05, 0) is 79.0 Å². The zero-order valence-corrected chi connectivity index (χ0v) is 17.2. The van der Waals surface area contributed by atoms with Crippen molar-refractivity contribution in [3.63, 3.8) is 0 Å². The standard InChI is InChI=1S/C21H21NS3/c1-4-14(2)11-17-6-8-20(24-17)21-10-9-19(25-21)16-5-7-18(22-13-23)15(3)12-16/h5-10,12,14H,4,11H2,1-3H3. The summed E-state index contributed by atoms with van der Waals surface area (Å²) in [5, 5.41) is 2.44. The van der Waals surface area contributed by atoms with Gasteiger partial charge in [0.25, 0.3) is 0 Å². The molecule has 0 N–H and O–H groups in total. The van der Waals surface area contributed by atoms with Gasteiger partial charge < -0.3 is 0 Å². The van der Waals surface area contributed by atoms with Crippen molar-refractivity contribution in [1.82, 2.24) is 0 Å². The first-order valence-electron chi connectivity index (χ1n) is 8.48. The lowest BCUT2D eigenvalue weighted by molar-refractivity contribution is 0.565. The van der Waals surface area contributed by atoms with Gasteiger partial charge >= 0.3 is 0 Å². The van der Waals surface area contributed by atoms with Crippen molar-refractivity contribution in [1.29, 1.82) is 0 Å². The number of rotatable bonds is 6. The number of aryl methyl sites for hydroxylation is 1. The fourth-order valence-corrected chi connectivity index (χ4v) is 5.08. The Kier molecular flexibility index (Phi) is 5.98. The number of benzene rings is 1. The minimum absolute atomic E-state index is 0.752. The summed E-state index contributed by atoms with van der Waals surface area (Å²) in [4.78, 5) is 9.58. The zero-order valence-electron chi connectivity index (χ0n) is 14.7. The van der Waals surface area contributed by atoms with Crippen molar-refractivity contribution >= 4 is 45.7 Å². The van der Waals surface area contributed by atoms with Crippen molar-refractivity contribution in [2.45, 2.75) is 33.6 Å². The second-order valence-corrected chi connectivity index (χ2v) is 8.79. The number of thiophene rings is 2. The number of nitrogens with zero attached hydrogens (tertiary/aromatic N) is 1. The van der Waals surface area contributed by atoms with E-state index in [1.54, 1.807) is 0 Å². The van der Waals surface area contributed by atoms with Crippen molar-refractivity contribution in [2.24, 2.45) is 10.9 Å². The molecule has 0 spiro atoms.